The molecule has 0 aromatic heterocycles. The molecule has 1 amide bonds. The van der Waals surface area contributed by atoms with Crippen molar-refractivity contribution in [2.75, 3.05) is 4.90 Å². The zero-order valence-electron chi connectivity index (χ0n) is 12.6. The number of benzene rings is 1. The monoisotopic (exact) mass is 303 g/mol. The average Bonchev–Trinajstić information content (AvgIpc) is 2.46. The molecule has 1 aliphatic rings. The quantitative estimate of drug-likeness (QED) is 0.512. The zero-order valence-corrected chi connectivity index (χ0v) is 12.6. The first kappa shape index (κ1) is 15.7. The van der Waals surface area contributed by atoms with Gasteiger partial charge in [0, 0.05) is 30.3 Å². The van der Waals surface area contributed by atoms with E-state index in [1.807, 2.05) is 0 Å². The Labute approximate surface area is 127 Å². The Hall–Kier alpha value is -2.70. The number of anilines is 1. The fourth-order valence-corrected chi connectivity index (χ4v) is 2.74. The van der Waals surface area contributed by atoms with Gasteiger partial charge in [-0.1, -0.05) is 6.92 Å². The molecular weight excluding hydrogens is 286 g/mol. The average molecular weight is 303 g/mol. The first-order valence-corrected chi connectivity index (χ1v) is 6.84. The van der Waals surface area contributed by atoms with Crippen molar-refractivity contribution < 1.29 is 14.5 Å². The van der Waals surface area contributed by atoms with Crippen molar-refractivity contribution in [3.05, 3.63) is 45.6 Å². The second-order valence-corrected chi connectivity index (χ2v) is 5.51. The number of Topliss-reactive ketones (excluding diaryl/α,β-unsaturated/α-hetero) is 1. The second-order valence-electron chi connectivity index (χ2n) is 5.51. The van der Waals surface area contributed by atoms with Gasteiger partial charge in [-0.05, 0) is 19.9 Å². The third kappa shape index (κ3) is 2.14. The Morgan fingerprint density at radius 3 is 2.59 bits per heavy atom. The number of nitro groups is 1. The maximum atomic E-state index is 12.6. The molecule has 0 bridgehead atoms. The van der Waals surface area contributed by atoms with Crippen LogP contribution in [0.5, 0.6) is 0 Å². The van der Waals surface area contributed by atoms with Gasteiger partial charge in [-0.3, -0.25) is 19.7 Å². The van der Waals surface area contributed by atoms with E-state index in [0.717, 1.165) is 0 Å². The maximum Gasteiger partial charge on any atom is 0.270 e. The van der Waals surface area contributed by atoms with E-state index in [9.17, 15) is 19.7 Å². The van der Waals surface area contributed by atoms with Gasteiger partial charge in [0.25, 0.3) is 5.69 Å². The molecule has 0 radical (unpaired) electrons. The predicted molar refractivity (Wildman–Crippen MR) is 81.6 cm³/mol. The molecule has 0 fully saturated rings. The molecule has 2 N–H and O–H groups in total. The van der Waals surface area contributed by atoms with E-state index in [4.69, 9.17) is 5.73 Å². The minimum Gasteiger partial charge on any atom is -0.404 e. The molecule has 0 spiro atoms. The van der Waals surface area contributed by atoms with E-state index in [2.05, 4.69) is 0 Å². The van der Waals surface area contributed by atoms with Crippen molar-refractivity contribution in [3.8, 4) is 0 Å². The van der Waals surface area contributed by atoms with Gasteiger partial charge in [0.15, 0.2) is 5.78 Å². The summed E-state index contributed by atoms with van der Waals surface area (Å²) in [5.74, 6) is -0.585. The van der Waals surface area contributed by atoms with Gasteiger partial charge in [0.2, 0.25) is 5.91 Å². The lowest BCUT2D eigenvalue weighted by Gasteiger charge is -2.44. The van der Waals surface area contributed by atoms with Gasteiger partial charge in [-0.2, -0.15) is 0 Å². The Balaban J connectivity index is 2.77. The van der Waals surface area contributed by atoms with Crippen molar-refractivity contribution in [1.82, 2.24) is 0 Å². The first-order chi connectivity index (χ1) is 10.3. The minimum absolute atomic E-state index is 0.118. The van der Waals surface area contributed by atoms with Crippen LogP contribution >= 0.6 is 0 Å². The Morgan fingerprint density at radius 1 is 1.45 bits per heavy atom. The van der Waals surface area contributed by atoms with Crippen molar-refractivity contribution in [3.63, 3.8) is 0 Å². The van der Waals surface area contributed by atoms with Gasteiger partial charge in [-0.25, -0.2) is 0 Å². The molecule has 116 valence electrons. The number of nitrogens with zero attached hydrogens (tertiary/aromatic N) is 2. The fraction of sp³-hybridized carbons (Fsp3) is 0.333. The van der Waals surface area contributed by atoms with Crippen LogP contribution in [0.4, 0.5) is 11.4 Å². The number of carbonyl (C=O) groups excluding carboxylic acids is 2. The highest BCUT2D eigenvalue weighted by Crippen LogP contribution is 2.41. The molecular formula is C15H17N3O4. The van der Waals surface area contributed by atoms with Crippen LogP contribution in [0, 0.1) is 10.1 Å². The van der Waals surface area contributed by atoms with Crippen LogP contribution < -0.4 is 10.6 Å². The van der Waals surface area contributed by atoms with Gasteiger partial charge in [0.05, 0.1) is 21.7 Å². The van der Waals surface area contributed by atoms with E-state index in [-0.39, 0.29) is 29.2 Å². The molecule has 1 heterocycles. The van der Waals surface area contributed by atoms with Gasteiger partial charge < -0.3 is 10.6 Å². The number of rotatable bonds is 2. The second kappa shape index (κ2) is 5.25. The van der Waals surface area contributed by atoms with Gasteiger partial charge in [0.1, 0.15) is 0 Å². The summed E-state index contributed by atoms with van der Waals surface area (Å²) in [4.78, 5) is 36.7. The van der Waals surface area contributed by atoms with E-state index in [1.54, 1.807) is 20.8 Å². The number of non-ortho nitro benzene ring substituents is 1. The van der Waals surface area contributed by atoms with Gasteiger partial charge >= 0.3 is 0 Å². The van der Waals surface area contributed by atoms with Crippen LogP contribution in [-0.2, 0) is 4.79 Å². The lowest BCUT2D eigenvalue weighted by Crippen LogP contribution is -2.54. The SMILES string of the molecule is CCC(=O)N1c2ccc([N+](=O)[O-])cc2C(=O)C(=CN)C1(C)C. The van der Waals surface area contributed by atoms with Crippen molar-refractivity contribution >= 4 is 23.1 Å². The number of nitrogens with two attached hydrogens (primary N) is 1. The summed E-state index contributed by atoms with van der Waals surface area (Å²) in [6.45, 7) is 5.16. The number of hydrogen-bond donors (Lipinski definition) is 1. The molecule has 7 nitrogen and oxygen atoms in total. The topological polar surface area (TPSA) is 107 Å². The van der Waals surface area contributed by atoms with Crippen LogP contribution in [-0.4, -0.2) is 22.2 Å². The molecule has 0 saturated heterocycles. The highest BCUT2D eigenvalue weighted by atomic mass is 16.6. The largest absolute Gasteiger partial charge is 0.404 e. The van der Waals surface area contributed by atoms with E-state index < -0.39 is 16.2 Å². The lowest BCUT2D eigenvalue weighted by atomic mass is 9.81. The number of hydrogen-bond acceptors (Lipinski definition) is 5. The first-order valence-electron chi connectivity index (χ1n) is 6.84. The van der Waals surface area contributed by atoms with Crippen molar-refractivity contribution in [1.29, 1.82) is 0 Å². The smallest absolute Gasteiger partial charge is 0.270 e. The maximum absolute atomic E-state index is 12.6. The zero-order chi connectivity index (χ0) is 16.7. The van der Waals surface area contributed by atoms with Gasteiger partial charge in [-0.15, -0.1) is 0 Å². The van der Waals surface area contributed by atoms with E-state index in [1.165, 1.54) is 29.3 Å². The number of ketones is 1. The molecule has 2 rings (SSSR count). The number of carbonyl (C=O) groups is 2. The van der Waals surface area contributed by atoms with E-state index >= 15 is 0 Å². The summed E-state index contributed by atoms with van der Waals surface area (Å²) in [7, 11) is 0. The molecule has 1 aromatic rings. The fourth-order valence-electron chi connectivity index (χ4n) is 2.74. The minimum atomic E-state index is -0.915. The highest BCUT2D eigenvalue weighted by Gasteiger charge is 2.44. The molecule has 1 aliphatic heterocycles. The third-order valence-electron chi connectivity index (χ3n) is 3.86. The summed E-state index contributed by atoms with van der Waals surface area (Å²) < 4.78 is 0. The molecule has 0 aliphatic carbocycles. The molecule has 0 unspecified atom stereocenters. The number of nitro benzene ring substituents is 1. The molecule has 22 heavy (non-hydrogen) atoms. The summed E-state index contributed by atoms with van der Waals surface area (Å²) in [5.41, 5.74) is 5.19. The molecule has 0 atom stereocenters. The predicted octanol–water partition coefficient (Wildman–Crippen LogP) is 2.16. The standard InChI is InChI=1S/C15H17N3O4/c1-4-13(19)17-12-6-5-9(18(21)22)7-10(12)14(20)11(8-16)15(17,2)3/h5-8H,4,16H2,1-3H3. The summed E-state index contributed by atoms with van der Waals surface area (Å²) in [6.07, 6.45) is 1.41. The Bertz CT molecular complexity index is 707. The number of amides is 1. The summed E-state index contributed by atoms with van der Waals surface area (Å²) >= 11 is 0. The van der Waals surface area contributed by atoms with Crippen LogP contribution in [0.25, 0.3) is 0 Å². The normalized spacial score (nSPS) is 18.2. The van der Waals surface area contributed by atoms with E-state index in [0.29, 0.717) is 5.69 Å². The molecule has 7 heteroatoms. The van der Waals surface area contributed by atoms with Crippen LogP contribution in [0.3, 0.4) is 0 Å². The van der Waals surface area contributed by atoms with Crippen LogP contribution in [0.2, 0.25) is 0 Å². The van der Waals surface area contributed by atoms with Crippen molar-refractivity contribution in [2.24, 2.45) is 5.73 Å². The Kier molecular flexibility index (Phi) is 3.74. The number of fused-ring (bicyclic) bond motifs is 1. The third-order valence-corrected chi connectivity index (χ3v) is 3.86. The lowest BCUT2D eigenvalue weighted by molar-refractivity contribution is -0.384. The van der Waals surface area contributed by atoms with Crippen LogP contribution in [0.15, 0.2) is 30.0 Å². The molecule has 0 saturated carbocycles. The highest BCUT2D eigenvalue weighted by molar-refractivity contribution is 6.19. The van der Waals surface area contributed by atoms with Crippen molar-refractivity contribution in [2.45, 2.75) is 32.7 Å². The van der Waals surface area contributed by atoms with Crippen LogP contribution in [0.1, 0.15) is 37.6 Å². The Morgan fingerprint density at radius 2 is 2.09 bits per heavy atom. The summed E-state index contributed by atoms with van der Waals surface area (Å²) in [5, 5.41) is 10.9. The summed E-state index contributed by atoms with van der Waals surface area (Å²) in [6, 6.07) is 3.91. The molecule has 1 aromatic carbocycles.